The fourth-order valence-electron chi connectivity index (χ4n) is 1.82. The molecule has 0 spiro atoms. The van der Waals surface area contributed by atoms with E-state index in [0.29, 0.717) is 17.6 Å². The van der Waals surface area contributed by atoms with E-state index in [1.807, 2.05) is 24.3 Å². The molecule has 4 nitrogen and oxygen atoms in total. The number of rotatable bonds is 6. The Morgan fingerprint density at radius 3 is 2.80 bits per heavy atom. The van der Waals surface area contributed by atoms with Crippen molar-refractivity contribution < 1.29 is 4.74 Å². The van der Waals surface area contributed by atoms with Gasteiger partial charge in [0.2, 0.25) is 0 Å². The number of benzene rings is 1. The van der Waals surface area contributed by atoms with Crippen molar-refractivity contribution >= 4 is 17.6 Å². The van der Waals surface area contributed by atoms with Gasteiger partial charge < -0.3 is 15.4 Å². The quantitative estimate of drug-likeness (QED) is 0.627. The number of hydrogen-bond donors (Lipinski definition) is 2. The minimum Gasteiger partial charge on any atom is -0.487 e. The Balaban J connectivity index is 1.83. The predicted molar refractivity (Wildman–Crippen MR) is 83.7 cm³/mol. The first-order valence-electron chi connectivity index (χ1n) is 7.11. The summed E-state index contributed by atoms with van der Waals surface area (Å²) in [5.41, 5.74) is 0. The van der Waals surface area contributed by atoms with Gasteiger partial charge in [0, 0.05) is 13.1 Å². The molecule has 1 fully saturated rings. The first-order chi connectivity index (χ1) is 9.72. The molecule has 0 radical (unpaired) electrons. The number of guanidine groups is 1. The Labute approximate surface area is 125 Å². The summed E-state index contributed by atoms with van der Waals surface area (Å²) in [5.74, 6) is 1.57. The van der Waals surface area contributed by atoms with Crippen LogP contribution in [0.1, 0.15) is 26.2 Å². The number of ether oxygens (including phenoxy) is 1. The average Bonchev–Trinajstić information content (AvgIpc) is 3.27. The predicted octanol–water partition coefficient (Wildman–Crippen LogP) is 2.82. The van der Waals surface area contributed by atoms with Gasteiger partial charge >= 0.3 is 0 Å². The maximum atomic E-state index is 6.11. The van der Waals surface area contributed by atoms with Crippen LogP contribution in [0.4, 0.5) is 0 Å². The second kappa shape index (κ2) is 7.39. The van der Waals surface area contributed by atoms with E-state index in [1.165, 1.54) is 12.8 Å². The molecule has 0 aliphatic heterocycles. The summed E-state index contributed by atoms with van der Waals surface area (Å²) >= 11 is 6.11. The van der Waals surface area contributed by atoms with Gasteiger partial charge in [-0.2, -0.15) is 0 Å². The molecule has 2 rings (SSSR count). The van der Waals surface area contributed by atoms with E-state index in [1.54, 1.807) is 7.05 Å². The molecule has 2 N–H and O–H groups in total. The molecule has 5 heteroatoms. The van der Waals surface area contributed by atoms with Crippen LogP contribution >= 0.6 is 11.6 Å². The summed E-state index contributed by atoms with van der Waals surface area (Å²) in [5, 5.41) is 7.30. The summed E-state index contributed by atoms with van der Waals surface area (Å²) in [6, 6.07) is 8.14. The minimum atomic E-state index is 0.0626. The number of para-hydroxylation sites is 1. The Bertz CT molecular complexity index is 460. The minimum absolute atomic E-state index is 0.0626. The number of aliphatic imine (C=N–C) groups is 1. The van der Waals surface area contributed by atoms with Crippen LogP contribution in [0.15, 0.2) is 29.3 Å². The third-order valence-electron chi connectivity index (χ3n) is 3.22. The lowest BCUT2D eigenvalue weighted by Gasteiger charge is -2.20. The maximum absolute atomic E-state index is 6.11. The van der Waals surface area contributed by atoms with Gasteiger partial charge in [-0.1, -0.05) is 30.7 Å². The molecule has 1 aromatic carbocycles. The van der Waals surface area contributed by atoms with E-state index in [-0.39, 0.29) is 6.10 Å². The van der Waals surface area contributed by atoms with Crippen LogP contribution in [0.25, 0.3) is 0 Å². The fourth-order valence-corrected chi connectivity index (χ4v) is 2.00. The van der Waals surface area contributed by atoms with Crippen LogP contribution in [-0.4, -0.2) is 31.7 Å². The van der Waals surface area contributed by atoms with Crippen LogP contribution < -0.4 is 15.4 Å². The fraction of sp³-hybridized carbons (Fsp3) is 0.533. The molecule has 1 aliphatic rings. The van der Waals surface area contributed by atoms with Gasteiger partial charge in [0.25, 0.3) is 0 Å². The SMILES string of the molecule is CCC(CNC(=NC)NC1CC1)Oc1ccccc1Cl. The molecule has 0 heterocycles. The van der Waals surface area contributed by atoms with Gasteiger partial charge in [-0.15, -0.1) is 0 Å². The van der Waals surface area contributed by atoms with Crippen molar-refractivity contribution in [3.8, 4) is 5.75 Å². The largest absolute Gasteiger partial charge is 0.487 e. The van der Waals surface area contributed by atoms with Gasteiger partial charge in [0.1, 0.15) is 11.9 Å². The zero-order chi connectivity index (χ0) is 14.4. The lowest BCUT2D eigenvalue weighted by Crippen LogP contribution is -2.43. The van der Waals surface area contributed by atoms with Crippen LogP contribution in [-0.2, 0) is 0 Å². The number of nitrogens with one attached hydrogen (secondary N) is 2. The molecule has 0 bridgehead atoms. The highest BCUT2D eigenvalue weighted by Crippen LogP contribution is 2.24. The smallest absolute Gasteiger partial charge is 0.191 e. The van der Waals surface area contributed by atoms with Gasteiger partial charge in [-0.05, 0) is 31.4 Å². The van der Waals surface area contributed by atoms with E-state index in [0.717, 1.165) is 18.1 Å². The summed E-state index contributed by atoms with van der Waals surface area (Å²) in [4.78, 5) is 4.21. The number of halogens is 1. The van der Waals surface area contributed by atoms with Crippen molar-refractivity contribution in [2.45, 2.75) is 38.3 Å². The lowest BCUT2D eigenvalue weighted by atomic mass is 10.2. The second-order valence-corrected chi connectivity index (χ2v) is 5.36. The average molecular weight is 296 g/mol. The van der Waals surface area contributed by atoms with Crippen molar-refractivity contribution in [2.75, 3.05) is 13.6 Å². The molecule has 0 aromatic heterocycles. The second-order valence-electron chi connectivity index (χ2n) is 4.95. The Hall–Kier alpha value is -1.42. The molecule has 110 valence electrons. The molecular weight excluding hydrogens is 274 g/mol. The third-order valence-corrected chi connectivity index (χ3v) is 3.54. The van der Waals surface area contributed by atoms with Crippen LogP contribution in [0.5, 0.6) is 5.75 Å². The zero-order valence-corrected chi connectivity index (χ0v) is 12.8. The maximum Gasteiger partial charge on any atom is 0.191 e. The molecule has 0 saturated heterocycles. The zero-order valence-electron chi connectivity index (χ0n) is 12.0. The standard InChI is InChI=1S/C15H22ClN3O/c1-3-12(20-14-7-5-4-6-13(14)16)10-18-15(17-2)19-11-8-9-11/h4-7,11-12H,3,8-10H2,1-2H3,(H2,17,18,19). The summed E-state index contributed by atoms with van der Waals surface area (Å²) in [7, 11) is 1.79. The van der Waals surface area contributed by atoms with Crippen molar-refractivity contribution in [3.05, 3.63) is 29.3 Å². The van der Waals surface area contributed by atoms with E-state index in [9.17, 15) is 0 Å². The van der Waals surface area contributed by atoms with Crippen molar-refractivity contribution in [2.24, 2.45) is 4.99 Å². The molecule has 0 amide bonds. The topological polar surface area (TPSA) is 45.7 Å². The van der Waals surface area contributed by atoms with Gasteiger partial charge in [-0.25, -0.2) is 0 Å². The van der Waals surface area contributed by atoms with Crippen molar-refractivity contribution in [3.63, 3.8) is 0 Å². The van der Waals surface area contributed by atoms with E-state index in [2.05, 4.69) is 22.5 Å². The van der Waals surface area contributed by atoms with Gasteiger partial charge in [0.05, 0.1) is 11.6 Å². The monoisotopic (exact) mass is 295 g/mol. The normalized spacial score (nSPS) is 16.6. The van der Waals surface area contributed by atoms with Crippen LogP contribution in [0, 0.1) is 0 Å². The number of hydrogen-bond acceptors (Lipinski definition) is 2. The third kappa shape index (κ3) is 4.60. The van der Waals surface area contributed by atoms with Crippen LogP contribution in [0.2, 0.25) is 5.02 Å². The Morgan fingerprint density at radius 1 is 1.45 bits per heavy atom. The molecule has 20 heavy (non-hydrogen) atoms. The highest BCUT2D eigenvalue weighted by atomic mass is 35.5. The molecule has 1 saturated carbocycles. The van der Waals surface area contributed by atoms with E-state index >= 15 is 0 Å². The van der Waals surface area contributed by atoms with Crippen molar-refractivity contribution in [1.29, 1.82) is 0 Å². The Morgan fingerprint density at radius 2 is 2.20 bits per heavy atom. The molecule has 1 atom stereocenters. The summed E-state index contributed by atoms with van der Waals surface area (Å²) in [6.07, 6.45) is 3.42. The van der Waals surface area contributed by atoms with Gasteiger partial charge in [-0.3, -0.25) is 4.99 Å². The Kier molecular flexibility index (Phi) is 5.53. The van der Waals surface area contributed by atoms with Crippen LogP contribution in [0.3, 0.4) is 0 Å². The first kappa shape index (κ1) is 15.0. The highest BCUT2D eigenvalue weighted by Gasteiger charge is 2.22. The van der Waals surface area contributed by atoms with E-state index in [4.69, 9.17) is 16.3 Å². The summed E-state index contributed by atoms with van der Waals surface area (Å²) < 4.78 is 5.93. The number of nitrogens with zero attached hydrogens (tertiary/aromatic N) is 1. The lowest BCUT2D eigenvalue weighted by molar-refractivity contribution is 0.199. The molecule has 1 aliphatic carbocycles. The first-order valence-corrected chi connectivity index (χ1v) is 7.49. The van der Waals surface area contributed by atoms with Gasteiger partial charge in [0.15, 0.2) is 5.96 Å². The molecule has 1 unspecified atom stereocenters. The highest BCUT2D eigenvalue weighted by molar-refractivity contribution is 6.32. The van der Waals surface area contributed by atoms with Crippen molar-refractivity contribution in [1.82, 2.24) is 10.6 Å². The van der Waals surface area contributed by atoms with E-state index < -0.39 is 0 Å². The molecular formula is C15H22ClN3O. The summed E-state index contributed by atoms with van der Waals surface area (Å²) in [6.45, 7) is 2.80. The molecule has 1 aromatic rings.